The molecular formula is C15H15BrN2O2S. The highest BCUT2D eigenvalue weighted by Crippen LogP contribution is 2.24. The molecule has 2 N–H and O–H groups in total. The second kappa shape index (κ2) is 5.44. The first-order valence-corrected chi connectivity index (χ1v) is 8.84. The molecule has 0 atom stereocenters. The van der Waals surface area contributed by atoms with E-state index in [2.05, 4.69) is 26.0 Å². The van der Waals surface area contributed by atoms with E-state index >= 15 is 0 Å². The Labute approximate surface area is 132 Å². The molecule has 0 spiro atoms. The maximum absolute atomic E-state index is 12.5. The molecule has 1 aliphatic rings. The number of hydrogen-bond acceptors (Lipinski definition) is 3. The maximum atomic E-state index is 12.5. The molecule has 4 nitrogen and oxygen atoms in total. The number of hydrogen-bond donors (Lipinski definition) is 2. The highest BCUT2D eigenvalue weighted by molar-refractivity contribution is 9.10. The van der Waals surface area contributed by atoms with Gasteiger partial charge in [-0.15, -0.1) is 0 Å². The first-order chi connectivity index (χ1) is 9.94. The first kappa shape index (κ1) is 14.6. The van der Waals surface area contributed by atoms with Crippen molar-refractivity contribution in [2.24, 2.45) is 0 Å². The number of sulfonamides is 1. The van der Waals surface area contributed by atoms with E-state index in [1.165, 1.54) is 0 Å². The molecule has 0 aromatic heterocycles. The Bertz CT molecular complexity index is 783. The van der Waals surface area contributed by atoms with E-state index < -0.39 is 10.0 Å². The lowest BCUT2D eigenvalue weighted by molar-refractivity contribution is 0.601. The Morgan fingerprint density at radius 1 is 1.10 bits per heavy atom. The molecule has 2 aromatic carbocycles. The van der Waals surface area contributed by atoms with Crippen molar-refractivity contribution in [1.29, 1.82) is 0 Å². The minimum atomic E-state index is -3.57. The van der Waals surface area contributed by atoms with Crippen LogP contribution in [-0.4, -0.2) is 8.42 Å². The summed E-state index contributed by atoms with van der Waals surface area (Å²) in [5.74, 6) is 0. The Balaban J connectivity index is 1.93. The zero-order valence-electron chi connectivity index (χ0n) is 11.5. The Morgan fingerprint density at radius 2 is 1.86 bits per heavy atom. The average Bonchev–Trinajstić information content (AvgIpc) is 2.83. The fourth-order valence-electron chi connectivity index (χ4n) is 2.45. The predicted molar refractivity (Wildman–Crippen MR) is 86.7 cm³/mol. The van der Waals surface area contributed by atoms with Gasteiger partial charge in [-0.05, 0) is 53.9 Å². The van der Waals surface area contributed by atoms with Crippen molar-refractivity contribution < 1.29 is 8.42 Å². The summed E-state index contributed by atoms with van der Waals surface area (Å²) in [5, 5.41) is 3.21. The van der Waals surface area contributed by atoms with Crippen LogP contribution in [0.2, 0.25) is 0 Å². The van der Waals surface area contributed by atoms with E-state index in [1.54, 1.807) is 24.3 Å². The van der Waals surface area contributed by atoms with Crippen LogP contribution in [0, 0.1) is 6.92 Å². The smallest absolute Gasteiger partial charge is 0.261 e. The lowest BCUT2D eigenvalue weighted by Crippen LogP contribution is -2.13. The van der Waals surface area contributed by atoms with Crippen LogP contribution in [-0.2, 0) is 23.1 Å². The van der Waals surface area contributed by atoms with Crippen LogP contribution in [0.15, 0.2) is 45.8 Å². The van der Waals surface area contributed by atoms with E-state index in [0.29, 0.717) is 17.1 Å². The van der Waals surface area contributed by atoms with Crippen molar-refractivity contribution in [1.82, 2.24) is 5.32 Å². The van der Waals surface area contributed by atoms with Gasteiger partial charge in [-0.25, -0.2) is 8.42 Å². The molecule has 0 bridgehead atoms. The van der Waals surface area contributed by atoms with Crippen molar-refractivity contribution in [3.63, 3.8) is 0 Å². The van der Waals surface area contributed by atoms with Gasteiger partial charge in [0, 0.05) is 17.6 Å². The summed E-state index contributed by atoms with van der Waals surface area (Å²) in [6, 6.07) is 10.7. The number of fused-ring (bicyclic) bond motifs is 1. The van der Waals surface area contributed by atoms with Crippen LogP contribution in [0.1, 0.15) is 16.7 Å². The van der Waals surface area contributed by atoms with Crippen molar-refractivity contribution >= 4 is 31.6 Å². The Hall–Kier alpha value is -1.37. The maximum Gasteiger partial charge on any atom is 0.261 e. The number of aryl methyl sites for hydroxylation is 1. The molecule has 0 radical (unpaired) electrons. The fraction of sp³-hybridized carbons (Fsp3) is 0.200. The molecule has 110 valence electrons. The zero-order valence-corrected chi connectivity index (χ0v) is 13.9. The fourth-order valence-corrected chi connectivity index (χ4v) is 4.15. The molecule has 0 saturated heterocycles. The standard InChI is InChI=1S/C15H15BrN2O2S/c1-10-4-13(16)7-14(5-10)18-21(19,20)15-3-2-11-8-17-9-12(11)6-15/h2-7,17-18H,8-9H2,1H3. The second-order valence-electron chi connectivity index (χ2n) is 5.16. The van der Waals surface area contributed by atoms with Gasteiger partial charge in [0.2, 0.25) is 0 Å². The molecule has 0 fully saturated rings. The number of rotatable bonds is 3. The van der Waals surface area contributed by atoms with Crippen molar-refractivity contribution in [2.45, 2.75) is 24.9 Å². The van der Waals surface area contributed by atoms with Crippen molar-refractivity contribution in [2.75, 3.05) is 4.72 Å². The minimum absolute atomic E-state index is 0.294. The third kappa shape index (κ3) is 3.12. The summed E-state index contributed by atoms with van der Waals surface area (Å²) in [6.07, 6.45) is 0. The van der Waals surface area contributed by atoms with Crippen LogP contribution in [0.3, 0.4) is 0 Å². The van der Waals surface area contributed by atoms with E-state index in [4.69, 9.17) is 0 Å². The molecule has 0 unspecified atom stereocenters. The van der Waals surface area contributed by atoms with E-state index in [1.807, 2.05) is 19.1 Å². The summed E-state index contributed by atoms with van der Waals surface area (Å²) < 4.78 is 28.4. The van der Waals surface area contributed by atoms with Gasteiger partial charge in [0.1, 0.15) is 0 Å². The molecule has 2 aromatic rings. The van der Waals surface area contributed by atoms with Crippen LogP contribution >= 0.6 is 15.9 Å². The average molecular weight is 367 g/mol. The molecule has 0 saturated carbocycles. The van der Waals surface area contributed by atoms with Gasteiger partial charge in [0.25, 0.3) is 10.0 Å². The summed E-state index contributed by atoms with van der Waals surface area (Å²) in [4.78, 5) is 0.294. The highest BCUT2D eigenvalue weighted by atomic mass is 79.9. The topological polar surface area (TPSA) is 58.2 Å². The van der Waals surface area contributed by atoms with Gasteiger partial charge in [0.15, 0.2) is 0 Å². The van der Waals surface area contributed by atoms with Gasteiger partial charge in [-0.1, -0.05) is 22.0 Å². The largest absolute Gasteiger partial charge is 0.309 e. The van der Waals surface area contributed by atoms with Crippen molar-refractivity contribution in [3.05, 3.63) is 57.6 Å². The summed E-state index contributed by atoms with van der Waals surface area (Å²) >= 11 is 3.37. The summed E-state index contributed by atoms with van der Waals surface area (Å²) in [6.45, 7) is 3.44. The van der Waals surface area contributed by atoms with E-state index in [0.717, 1.165) is 27.7 Å². The monoisotopic (exact) mass is 366 g/mol. The quantitative estimate of drug-likeness (QED) is 0.876. The minimum Gasteiger partial charge on any atom is -0.309 e. The number of halogens is 1. The van der Waals surface area contributed by atoms with Gasteiger partial charge < -0.3 is 5.32 Å². The van der Waals surface area contributed by atoms with E-state index in [9.17, 15) is 8.42 Å². The molecule has 0 amide bonds. The lowest BCUT2D eigenvalue weighted by atomic mass is 10.1. The lowest BCUT2D eigenvalue weighted by Gasteiger charge is -2.10. The van der Waals surface area contributed by atoms with Crippen LogP contribution < -0.4 is 10.0 Å². The second-order valence-corrected chi connectivity index (χ2v) is 7.75. The molecule has 3 rings (SSSR count). The normalized spacial score (nSPS) is 14.0. The number of anilines is 1. The SMILES string of the molecule is Cc1cc(Br)cc(NS(=O)(=O)c2ccc3c(c2)CNC3)c1. The van der Waals surface area contributed by atoms with Gasteiger partial charge >= 0.3 is 0 Å². The van der Waals surface area contributed by atoms with Gasteiger partial charge in [-0.3, -0.25) is 4.72 Å². The number of nitrogens with one attached hydrogen (secondary N) is 2. The van der Waals surface area contributed by atoms with Gasteiger partial charge in [0.05, 0.1) is 10.6 Å². The van der Waals surface area contributed by atoms with Crippen LogP contribution in [0.4, 0.5) is 5.69 Å². The predicted octanol–water partition coefficient (Wildman–Crippen LogP) is 3.16. The zero-order chi connectivity index (χ0) is 15.0. The summed E-state index contributed by atoms with van der Waals surface area (Å²) in [7, 11) is -3.57. The highest BCUT2D eigenvalue weighted by Gasteiger charge is 2.18. The molecule has 6 heteroatoms. The van der Waals surface area contributed by atoms with Crippen molar-refractivity contribution in [3.8, 4) is 0 Å². The molecule has 1 heterocycles. The third-order valence-electron chi connectivity index (χ3n) is 3.41. The van der Waals surface area contributed by atoms with Gasteiger partial charge in [-0.2, -0.15) is 0 Å². The molecule has 1 aliphatic heterocycles. The molecule has 21 heavy (non-hydrogen) atoms. The number of benzene rings is 2. The van der Waals surface area contributed by atoms with Crippen LogP contribution in [0.25, 0.3) is 0 Å². The Kier molecular flexibility index (Phi) is 3.77. The first-order valence-electron chi connectivity index (χ1n) is 6.56. The molecular weight excluding hydrogens is 352 g/mol. The van der Waals surface area contributed by atoms with Crippen LogP contribution in [0.5, 0.6) is 0 Å². The third-order valence-corrected chi connectivity index (χ3v) is 5.25. The Morgan fingerprint density at radius 3 is 2.62 bits per heavy atom. The molecule has 0 aliphatic carbocycles. The summed E-state index contributed by atoms with van der Waals surface area (Å²) in [5.41, 5.74) is 3.75. The van der Waals surface area contributed by atoms with E-state index in [-0.39, 0.29) is 0 Å².